The first-order valence-corrected chi connectivity index (χ1v) is 14.0. The van der Waals surface area contributed by atoms with Crippen LogP contribution in [0.15, 0.2) is 85.2 Å². The van der Waals surface area contributed by atoms with E-state index in [4.69, 9.17) is 15.0 Å². The number of rotatable bonds is 7. The third-order valence-electron chi connectivity index (χ3n) is 7.38. The van der Waals surface area contributed by atoms with E-state index < -0.39 is 0 Å². The maximum atomic E-state index is 12.9. The van der Waals surface area contributed by atoms with Gasteiger partial charge < -0.3 is 25.0 Å². The van der Waals surface area contributed by atoms with Crippen molar-refractivity contribution in [2.75, 3.05) is 41.7 Å². The van der Waals surface area contributed by atoms with Crippen molar-refractivity contribution in [3.8, 4) is 0 Å². The van der Waals surface area contributed by atoms with E-state index in [9.17, 15) is 4.79 Å². The molecule has 9 nitrogen and oxygen atoms in total. The van der Waals surface area contributed by atoms with Crippen LogP contribution in [0, 0.1) is 13.8 Å². The number of carbonyl (C=O) groups is 1. The molecule has 3 aromatic carbocycles. The van der Waals surface area contributed by atoms with E-state index in [1.54, 1.807) is 0 Å². The third kappa shape index (κ3) is 6.14. The normalized spacial score (nSPS) is 13.4. The molecule has 2 aromatic heterocycles. The molecule has 208 valence electrons. The Labute approximate surface area is 239 Å². The van der Waals surface area contributed by atoms with Crippen LogP contribution in [0.3, 0.4) is 0 Å². The summed E-state index contributed by atoms with van der Waals surface area (Å²) in [6.07, 6.45) is 1.83. The van der Waals surface area contributed by atoms with E-state index in [0.717, 1.165) is 22.4 Å². The molecule has 1 fully saturated rings. The van der Waals surface area contributed by atoms with Crippen molar-refractivity contribution in [1.29, 1.82) is 0 Å². The quantitative estimate of drug-likeness (QED) is 0.282. The Balaban J connectivity index is 1.22. The van der Waals surface area contributed by atoms with Crippen LogP contribution in [0.1, 0.15) is 22.3 Å². The molecule has 6 rings (SSSR count). The van der Waals surface area contributed by atoms with Gasteiger partial charge in [0.2, 0.25) is 5.95 Å². The molecule has 1 saturated heterocycles. The van der Waals surface area contributed by atoms with Gasteiger partial charge in [0, 0.05) is 38.4 Å². The summed E-state index contributed by atoms with van der Waals surface area (Å²) in [4.78, 5) is 31.5. The SMILES string of the molecule is Cc1ccc(CNc2nc(N3CCN(C(=O)Nc4ccc(C)cc4)CC3)nc3c2ncn3Cc2ccccc2)cc1. The number of nitrogens with one attached hydrogen (secondary N) is 2. The van der Waals surface area contributed by atoms with Gasteiger partial charge in [-0.05, 0) is 37.1 Å². The zero-order valence-corrected chi connectivity index (χ0v) is 23.4. The van der Waals surface area contributed by atoms with E-state index >= 15 is 0 Å². The number of aromatic nitrogens is 4. The molecular formula is C32H34N8O. The second-order valence-corrected chi connectivity index (χ2v) is 10.5. The molecule has 2 amide bonds. The lowest BCUT2D eigenvalue weighted by Crippen LogP contribution is -2.50. The predicted molar refractivity (Wildman–Crippen MR) is 163 cm³/mol. The highest BCUT2D eigenvalue weighted by Crippen LogP contribution is 2.25. The molecule has 3 heterocycles. The predicted octanol–water partition coefficient (Wildman–Crippen LogP) is 5.46. The van der Waals surface area contributed by atoms with Crippen LogP contribution in [0.25, 0.3) is 11.2 Å². The molecule has 2 N–H and O–H groups in total. The van der Waals surface area contributed by atoms with Gasteiger partial charge >= 0.3 is 6.03 Å². The highest BCUT2D eigenvalue weighted by molar-refractivity contribution is 5.89. The summed E-state index contributed by atoms with van der Waals surface area (Å²) in [6.45, 7) is 7.84. The molecule has 1 aliphatic rings. The molecule has 0 saturated carbocycles. The number of anilines is 3. The van der Waals surface area contributed by atoms with Gasteiger partial charge in [-0.3, -0.25) is 0 Å². The molecule has 1 aliphatic heterocycles. The number of nitrogens with zero attached hydrogens (tertiary/aromatic N) is 6. The van der Waals surface area contributed by atoms with E-state index in [1.165, 1.54) is 16.7 Å². The van der Waals surface area contributed by atoms with Gasteiger partial charge in [-0.15, -0.1) is 0 Å². The highest BCUT2D eigenvalue weighted by atomic mass is 16.2. The lowest BCUT2D eigenvalue weighted by Gasteiger charge is -2.34. The van der Waals surface area contributed by atoms with Gasteiger partial charge in [0.25, 0.3) is 0 Å². The Morgan fingerprint density at radius 2 is 1.49 bits per heavy atom. The minimum Gasteiger partial charge on any atom is -0.364 e. The minimum absolute atomic E-state index is 0.0914. The molecule has 0 unspecified atom stereocenters. The van der Waals surface area contributed by atoms with Crippen molar-refractivity contribution in [1.82, 2.24) is 24.4 Å². The molecule has 5 aromatic rings. The average Bonchev–Trinajstić information content (AvgIpc) is 3.41. The number of carbonyl (C=O) groups excluding carboxylic acids is 1. The Kier molecular flexibility index (Phi) is 7.49. The topological polar surface area (TPSA) is 91.2 Å². The molecular weight excluding hydrogens is 512 g/mol. The summed E-state index contributed by atoms with van der Waals surface area (Å²) >= 11 is 0. The molecule has 0 radical (unpaired) electrons. The number of piperazine rings is 1. The first kappa shape index (κ1) is 26.3. The van der Waals surface area contributed by atoms with E-state index in [1.807, 2.05) is 60.6 Å². The van der Waals surface area contributed by atoms with Crippen LogP contribution in [0.2, 0.25) is 0 Å². The minimum atomic E-state index is -0.0914. The zero-order valence-electron chi connectivity index (χ0n) is 23.4. The number of aryl methyl sites for hydroxylation is 2. The van der Waals surface area contributed by atoms with Crippen LogP contribution in [0.4, 0.5) is 22.2 Å². The van der Waals surface area contributed by atoms with Gasteiger partial charge in [-0.1, -0.05) is 77.9 Å². The zero-order chi connectivity index (χ0) is 28.2. The summed E-state index contributed by atoms with van der Waals surface area (Å²) in [6, 6.07) is 26.5. The van der Waals surface area contributed by atoms with Gasteiger partial charge in [0.1, 0.15) is 0 Å². The number of fused-ring (bicyclic) bond motifs is 1. The molecule has 0 spiro atoms. The van der Waals surface area contributed by atoms with E-state index in [0.29, 0.717) is 51.0 Å². The van der Waals surface area contributed by atoms with Crippen LogP contribution in [-0.4, -0.2) is 56.6 Å². The second kappa shape index (κ2) is 11.7. The maximum Gasteiger partial charge on any atom is 0.321 e. The van der Waals surface area contributed by atoms with Gasteiger partial charge in [-0.2, -0.15) is 9.97 Å². The van der Waals surface area contributed by atoms with Crippen molar-refractivity contribution in [2.24, 2.45) is 0 Å². The van der Waals surface area contributed by atoms with Crippen molar-refractivity contribution < 1.29 is 4.79 Å². The van der Waals surface area contributed by atoms with Crippen molar-refractivity contribution in [2.45, 2.75) is 26.9 Å². The number of amides is 2. The lowest BCUT2D eigenvalue weighted by molar-refractivity contribution is 0.208. The summed E-state index contributed by atoms with van der Waals surface area (Å²) < 4.78 is 2.07. The maximum absolute atomic E-state index is 12.9. The Bertz CT molecular complexity index is 1620. The first-order chi connectivity index (χ1) is 20.0. The fourth-order valence-electron chi connectivity index (χ4n) is 4.93. The average molecular weight is 547 g/mol. The van der Waals surface area contributed by atoms with Crippen molar-refractivity contribution in [3.63, 3.8) is 0 Å². The third-order valence-corrected chi connectivity index (χ3v) is 7.38. The molecule has 0 aliphatic carbocycles. The van der Waals surface area contributed by atoms with Crippen molar-refractivity contribution >= 4 is 34.6 Å². The number of imidazole rings is 1. The van der Waals surface area contributed by atoms with Gasteiger partial charge in [0.05, 0.1) is 12.9 Å². The largest absolute Gasteiger partial charge is 0.364 e. The Morgan fingerprint density at radius 1 is 0.805 bits per heavy atom. The summed E-state index contributed by atoms with van der Waals surface area (Å²) in [5.74, 6) is 1.34. The number of benzene rings is 3. The number of hydrogen-bond acceptors (Lipinski definition) is 6. The summed E-state index contributed by atoms with van der Waals surface area (Å²) in [5, 5.41) is 6.52. The Hall–Kier alpha value is -4.92. The lowest BCUT2D eigenvalue weighted by atomic mass is 10.1. The second-order valence-electron chi connectivity index (χ2n) is 10.5. The monoisotopic (exact) mass is 546 g/mol. The Morgan fingerprint density at radius 3 is 2.20 bits per heavy atom. The highest BCUT2D eigenvalue weighted by Gasteiger charge is 2.24. The first-order valence-electron chi connectivity index (χ1n) is 14.0. The summed E-state index contributed by atoms with van der Waals surface area (Å²) in [7, 11) is 0. The standard InChI is InChI=1S/C32H34N8O/c1-23-8-12-25(13-9-23)20-33-29-28-30(40(22-34-28)21-26-6-4-3-5-7-26)37-31(36-29)38-16-18-39(19-17-38)32(41)35-27-14-10-24(2)11-15-27/h3-15,22H,16-21H2,1-2H3,(H,35,41)(H,33,36,37). The molecule has 0 atom stereocenters. The van der Waals surface area contributed by atoms with E-state index in [-0.39, 0.29) is 6.03 Å². The number of urea groups is 1. The molecule has 41 heavy (non-hydrogen) atoms. The van der Waals surface area contributed by atoms with Gasteiger partial charge in [0.15, 0.2) is 17.0 Å². The van der Waals surface area contributed by atoms with Crippen LogP contribution in [-0.2, 0) is 13.1 Å². The molecule has 0 bridgehead atoms. The van der Waals surface area contributed by atoms with E-state index in [2.05, 4.69) is 63.4 Å². The van der Waals surface area contributed by atoms with Crippen LogP contribution < -0.4 is 15.5 Å². The molecule has 9 heteroatoms. The summed E-state index contributed by atoms with van der Waals surface area (Å²) in [5.41, 5.74) is 7.05. The van der Waals surface area contributed by atoms with Gasteiger partial charge in [-0.25, -0.2) is 9.78 Å². The van der Waals surface area contributed by atoms with Crippen molar-refractivity contribution in [3.05, 3.63) is 107 Å². The fraction of sp³-hybridized carbons (Fsp3) is 0.250. The van der Waals surface area contributed by atoms with Crippen LogP contribution >= 0.6 is 0 Å². The smallest absolute Gasteiger partial charge is 0.321 e. The van der Waals surface area contributed by atoms with Crippen LogP contribution in [0.5, 0.6) is 0 Å². The fourth-order valence-corrected chi connectivity index (χ4v) is 4.93. The number of hydrogen-bond donors (Lipinski definition) is 2.